The topological polar surface area (TPSA) is 92.2 Å². The van der Waals surface area contributed by atoms with E-state index in [1.165, 1.54) is 6.07 Å². The lowest BCUT2D eigenvalue weighted by molar-refractivity contribution is 0.479. The van der Waals surface area contributed by atoms with Gasteiger partial charge in [-0.15, -0.1) is 0 Å². The number of nitrogens with one attached hydrogen (secondary N) is 1. The number of phenolic OH excluding ortho intramolecular Hbond substituents is 1. The van der Waals surface area contributed by atoms with E-state index >= 15 is 0 Å². The number of anilines is 1. The summed E-state index contributed by atoms with van der Waals surface area (Å²) in [5.41, 5.74) is 3.82. The molecule has 0 amide bonds. The number of nitrogens with zero attached hydrogens (tertiary/aromatic N) is 2. The maximum atomic E-state index is 12.7. The second kappa shape index (κ2) is 6.00. The second-order valence-corrected chi connectivity index (χ2v) is 7.78. The third-order valence-corrected chi connectivity index (χ3v) is 5.47. The van der Waals surface area contributed by atoms with Gasteiger partial charge in [0.05, 0.1) is 22.0 Å². The number of phenols is 1. The van der Waals surface area contributed by atoms with Crippen molar-refractivity contribution >= 4 is 26.7 Å². The lowest BCUT2D eigenvalue weighted by Gasteiger charge is -2.15. The first kappa shape index (κ1) is 17.2. The van der Waals surface area contributed by atoms with Gasteiger partial charge in [-0.2, -0.15) is 0 Å². The minimum atomic E-state index is -3.78. The minimum Gasteiger partial charge on any atom is -0.506 e. The summed E-state index contributed by atoms with van der Waals surface area (Å²) in [4.78, 5) is 8.95. The molecule has 2 aromatic carbocycles. The van der Waals surface area contributed by atoms with E-state index in [4.69, 9.17) is 0 Å². The Morgan fingerprint density at radius 2 is 1.48 bits per heavy atom. The van der Waals surface area contributed by atoms with Crippen LogP contribution in [0.4, 0.5) is 5.69 Å². The maximum Gasteiger partial charge on any atom is 0.261 e. The Balaban J connectivity index is 2.18. The summed E-state index contributed by atoms with van der Waals surface area (Å²) in [6, 6.07) is 8.07. The normalized spacial score (nSPS) is 11.7. The molecule has 3 rings (SSSR count). The molecule has 0 atom stereocenters. The lowest BCUT2D eigenvalue weighted by Crippen LogP contribution is -2.15. The molecule has 130 valence electrons. The Bertz CT molecular complexity index is 1080. The van der Waals surface area contributed by atoms with E-state index in [1.54, 1.807) is 45.0 Å². The van der Waals surface area contributed by atoms with Crippen LogP contribution >= 0.6 is 0 Å². The highest BCUT2D eigenvalue weighted by molar-refractivity contribution is 7.92. The summed E-state index contributed by atoms with van der Waals surface area (Å²) < 4.78 is 28.0. The number of aromatic hydroxyl groups is 1. The fraction of sp³-hybridized carbons (Fsp3) is 0.222. The first-order chi connectivity index (χ1) is 11.7. The fourth-order valence-corrected chi connectivity index (χ4v) is 3.67. The molecule has 0 aliphatic carbocycles. The SMILES string of the molecule is Cc1ccc(S(=O)(=O)Nc2c(C)cc(O)c3nc(C)c(C)nc23)cc1. The minimum absolute atomic E-state index is 0.0265. The predicted octanol–water partition coefficient (Wildman–Crippen LogP) is 3.37. The zero-order valence-electron chi connectivity index (χ0n) is 14.5. The van der Waals surface area contributed by atoms with Gasteiger partial charge in [-0.1, -0.05) is 17.7 Å². The van der Waals surface area contributed by atoms with E-state index < -0.39 is 10.0 Å². The van der Waals surface area contributed by atoms with Gasteiger partial charge in [-0.3, -0.25) is 4.72 Å². The van der Waals surface area contributed by atoms with Gasteiger partial charge < -0.3 is 5.11 Å². The second-order valence-electron chi connectivity index (χ2n) is 6.10. The molecule has 7 heteroatoms. The Hall–Kier alpha value is -2.67. The van der Waals surface area contributed by atoms with Crippen LogP contribution in [0.2, 0.25) is 0 Å². The smallest absolute Gasteiger partial charge is 0.261 e. The van der Waals surface area contributed by atoms with Crippen LogP contribution in [0.25, 0.3) is 11.0 Å². The molecule has 0 aliphatic heterocycles. The number of aromatic nitrogens is 2. The highest BCUT2D eigenvalue weighted by atomic mass is 32.2. The van der Waals surface area contributed by atoms with Crippen molar-refractivity contribution < 1.29 is 13.5 Å². The summed E-state index contributed by atoms with van der Waals surface area (Å²) in [7, 11) is -3.78. The van der Waals surface area contributed by atoms with Crippen LogP contribution < -0.4 is 4.72 Å². The number of fused-ring (bicyclic) bond motifs is 1. The summed E-state index contributed by atoms with van der Waals surface area (Å²) in [6.07, 6.45) is 0. The Labute approximate surface area is 146 Å². The van der Waals surface area contributed by atoms with Crippen LogP contribution in [0.3, 0.4) is 0 Å². The summed E-state index contributed by atoms with van der Waals surface area (Å²) in [6.45, 7) is 7.18. The largest absolute Gasteiger partial charge is 0.506 e. The van der Waals surface area contributed by atoms with Crippen molar-refractivity contribution in [1.29, 1.82) is 0 Å². The number of hydrogen-bond donors (Lipinski definition) is 2. The molecule has 0 fully saturated rings. The molecule has 1 heterocycles. The Morgan fingerprint density at radius 1 is 0.920 bits per heavy atom. The molecule has 0 saturated carbocycles. The van der Waals surface area contributed by atoms with Crippen LogP contribution in [0.5, 0.6) is 5.75 Å². The van der Waals surface area contributed by atoms with Gasteiger partial charge in [0.1, 0.15) is 16.8 Å². The van der Waals surface area contributed by atoms with Crippen LogP contribution in [-0.4, -0.2) is 23.5 Å². The molecule has 6 nitrogen and oxygen atoms in total. The van der Waals surface area contributed by atoms with Crippen LogP contribution in [-0.2, 0) is 10.0 Å². The molecule has 0 unspecified atom stereocenters. The van der Waals surface area contributed by atoms with Crippen LogP contribution in [0, 0.1) is 27.7 Å². The molecular weight excluding hydrogens is 338 g/mol. The molecule has 0 radical (unpaired) electrons. The van der Waals surface area contributed by atoms with Gasteiger partial charge in [0.15, 0.2) is 0 Å². The third kappa shape index (κ3) is 3.15. The maximum absolute atomic E-state index is 12.7. The molecular formula is C18H19N3O3S. The molecule has 25 heavy (non-hydrogen) atoms. The molecule has 1 aromatic heterocycles. The van der Waals surface area contributed by atoms with Crippen molar-refractivity contribution in [3.8, 4) is 5.75 Å². The Kier molecular flexibility index (Phi) is 4.12. The summed E-state index contributed by atoms with van der Waals surface area (Å²) in [5, 5.41) is 10.2. The molecule has 3 aromatic rings. The van der Waals surface area contributed by atoms with Gasteiger partial charge in [0.2, 0.25) is 0 Å². The average Bonchev–Trinajstić information content (AvgIpc) is 2.54. The quantitative estimate of drug-likeness (QED) is 0.701. The average molecular weight is 357 g/mol. The molecule has 2 N–H and O–H groups in total. The molecule has 0 saturated heterocycles. The van der Waals surface area contributed by atoms with E-state index in [2.05, 4.69) is 14.7 Å². The van der Waals surface area contributed by atoms with E-state index in [1.807, 2.05) is 6.92 Å². The number of sulfonamides is 1. The van der Waals surface area contributed by atoms with E-state index in [0.29, 0.717) is 28.2 Å². The highest BCUT2D eigenvalue weighted by Crippen LogP contribution is 2.33. The lowest BCUT2D eigenvalue weighted by atomic mass is 10.1. The standard InChI is InChI=1S/C18H19N3O3S/c1-10-5-7-14(8-6-10)25(23,24)21-16-11(2)9-15(22)17-18(16)20-13(4)12(3)19-17/h5-9,21-22H,1-4H3. The van der Waals surface area contributed by atoms with Crippen molar-refractivity contribution in [2.24, 2.45) is 0 Å². The number of benzene rings is 2. The van der Waals surface area contributed by atoms with Gasteiger partial charge in [0.25, 0.3) is 10.0 Å². The zero-order valence-corrected chi connectivity index (χ0v) is 15.3. The first-order valence-corrected chi connectivity index (χ1v) is 9.24. The number of hydrogen-bond acceptors (Lipinski definition) is 5. The number of aryl methyl sites for hydroxylation is 4. The predicted molar refractivity (Wildman–Crippen MR) is 97.4 cm³/mol. The highest BCUT2D eigenvalue weighted by Gasteiger charge is 2.20. The fourth-order valence-electron chi connectivity index (χ4n) is 2.53. The monoisotopic (exact) mass is 357 g/mol. The summed E-state index contributed by atoms with van der Waals surface area (Å²) in [5.74, 6) is -0.0265. The third-order valence-electron chi connectivity index (χ3n) is 4.10. The molecule has 0 aliphatic rings. The van der Waals surface area contributed by atoms with Gasteiger partial charge >= 0.3 is 0 Å². The van der Waals surface area contributed by atoms with E-state index in [0.717, 1.165) is 5.56 Å². The molecule has 0 bridgehead atoms. The van der Waals surface area contributed by atoms with Crippen molar-refractivity contribution in [3.05, 3.63) is 52.8 Å². The van der Waals surface area contributed by atoms with Crippen molar-refractivity contribution in [2.75, 3.05) is 4.72 Å². The van der Waals surface area contributed by atoms with Crippen molar-refractivity contribution in [1.82, 2.24) is 9.97 Å². The first-order valence-electron chi connectivity index (χ1n) is 7.76. The molecule has 0 spiro atoms. The zero-order chi connectivity index (χ0) is 18.4. The number of rotatable bonds is 3. The summed E-state index contributed by atoms with van der Waals surface area (Å²) >= 11 is 0. The van der Waals surface area contributed by atoms with E-state index in [-0.39, 0.29) is 16.2 Å². The Morgan fingerprint density at radius 3 is 2.08 bits per heavy atom. The van der Waals surface area contributed by atoms with Crippen LogP contribution in [0.15, 0.2) is 35.2 Å². The van der Waals surface area contributed by atoms with Crippen molar-refractivity contribution in [3.63, 3.8) is 0 Å². The van der Waals surface area contributed by atoms with Gasteiger partial charge in [0, 0.05) is 0 Å². The van der Waals surface area contributed by atoms with Gasteiger partial charge in [-0.05, 0) is 51.5 Å². The van der Waals surface area contributed by atoms with Crippen LogP contribution in [0.1, 0.15) is 22.5 Å². The van der Waals surface area contributed by atoms with Crippen molar-refractivity contribution in [2.45, 2.75) is 32.6 Å². The van der Waals surface area contributed by atoms with E-state index in [9.17, 15) is 13.5 Å². The van der Waals surface area contributed by atoms with Gasteiger partial charge in [-0.25, -0.2) is 18.4 Å².